The Hall–Kier alpha value is -2.70. The van der Waals surface area contributed by atoms with Gasteiger partial charge in [0.2, 0.25) is 5.91 Å². The molecule has 0 fully saturated rings. The number of nitrogens with one attached hydrogen (secondary N) is 1. The quantitative estimate of drug-likeness (QED) is 0.554. The molecule has 2 rings (SSSR count). The van der Waals surface area contributed by atoms with Gasteiger partial charge >= 0.3 is 5.69 Å². The number of rotatable bonds is 9. The van der Waals surface area contributed by atoms with Crippen LogP contribution in [0.5, 0.6) is 0 Å². The minimum absolute atomic E-state index is 0.186. The van der Waals surface area contributed by atoms with Crippen LogP contribution in [0, 0.1) is 0 Å². The molecule has 7 heteroatoms. The number of nitrogens with zero attached hydrogens (tertiary/aromatic N) is 2. The smallest absolute Gasteiger partial charge is 0.303 e. The third kappa shape index (κ3) is 3.98. The standard InChI is InChI=1S/C17H21N3O4/c1-19-15-12-13(6-2-4-10-21)8-9-14(15)20(17(19)24)18-16(23)7-3-5-11-22/h8-12H,2-7H2,1H3,(H,18,23). The molecule has 24 heavy (non-hydrogen) atoms. The van der Waals surface area contributed by atoms with Crippen molar-refractivity contribution in [1.82, 2.24) is 9.24 Å². The molecule has 1 heterocycles. The van der Waals surface area contributed by atoms with Gasteiger partial charge in [-0.3, -0.25) is 14.8 Å². The third-order valence-corrected chi connectivity index (χ3v) is 3.87. The summed E-state index contributed by atoms with van der Waals surface area (Å²) in [6, 6.07) is 5.58. The summed E-state index contributed by atoms with van der Waals surface area (Å²) in [6.07, 6.45) is 4.65. The molecular formula is C17H21N3O4. The first kappa shape index (κ1) is 17.7. The lowest BCUT2D eigenvalue weighted by Gasteiger charge is -2.06. The Balaban J connectivity index is 2.23. The first-order chi connectivity index (χ1) is 11.6. The fourth-order valence-electron chi connectivity index (χ4n) is 2.56. The molecule has 1 amide bonds. The minimum Gasteiger partial charge on any atom is -0.303 e. The number of benzene rings is 1. The van der Waals surface area contributed by atoms with Crippen molar-refractivity contribution in [3.63, 3.8) is 0 Å². The van der Waals surface area contributed by atoms with Crippen molar-refractivity contribution < 1.29 is 14.4 Å². The first-order valence-corrected chi connectivity index (χ1v) is 7.96. The van der Waals surface area contributed by atoms with Gasteiger partial charge in [-0.15, -0.1) is 0 Å². The van der Waals surface area contributed by atoms with Crippen LogP contribution in [0.15, 0.2) is 23.0 Å². The second-order valence-electron chi connectivity index (χ2n) is 5.65. The molecule has 0 aliphatic carbocycles. The largest absolute Gasteiger partial charge is 0.347 e. The molecule has 0 radical (unpaired) electrons. The number of hydrogen-bond donors (Lipinski definition) is 1. The van der Waals surface area contributed by atoms with Crippen molar-refractivity contribution in [3.8, 4) is 0 Å². The van der Waals surface area contributed by atoms with Gasteiger partial charge < -0.3 is 9.59 Å². The Labute approximate surface area is 139 Å². The van der Waals surface area contributed by atoms with Crippen molar-refractivity contribution in [3.05, 3.63) is 34.2 Å². The van der Waals surface area contributed by atoms with Gasteiger partial charge in [0, 0.05) is 26.3 Å². The topological polar surface area (TPSA) is 90.2 Å². The highest BCUT2D eigenvalue weighted by Crippen LogP contribution is 2.16. The molecule has 0 bridgehead atoms. The van der Waals surface area contributed by atoms with Gasteiger partial charge in [0.15, 0.2) is 0 Å². The number of aldehydes is 2. The summed E-state index contributed by atoms with van der Waals surface area (Å²) in [5, 5.41) is 0. The summed E-state index contributed by atoms with van der Waals surface area (Å²) in [7, 11) is 1.65. The van der Waals surface area contributed by atoms with Crippen LogP contribution >= 0.6 is 0 Å². The van der Waals surface area contributed by atoms with Crippen LogP contribution in [0.4, 0.5) is 0 Å². The maximum Gasteiger partial charge on any atom is 0.347 e. The lowest BCUT2D eigenvalue weighted by atomic mass is 10.1. The van der Waals surface area contributed by atoms with Gasteiger partial charge in [0.1, 0.15) is 12.6 Å². The van der Waals surface area contributed by atoms with Crippen molar-refractivity contribution >= 4 is 29.5 Å². The van der Waals surface area contributed by atoms with Crippen molar-refractivity contribution in [2.24, 2.45) is 7.05 Å². The molecule has 1 aromatic heterocycles. The number of aromatic nitrogens is 2. The van der Waals surface area contributed by atoms with Crippen LogP contribution in [-0.2, 0) is 27.9 Å². The Morgan fingerprint density at radius 3 is 2.54 bits per heavy atom. The van der Waals surface area contributed by atoms with E-state index in [0.29, 0.717) is 24.8 Å². The van der Waals surface area contributed by atoms with Crippen molar-refractivity contribution in [2.45, 2.75) is 38.5 Å². The summed E-state index contributed by atoms with van der Waals surface area (Å²) < 4.78 is 2.71. The molecule has 7 nitrogen and oxygen atoms in total. The zero-order valence-electron chi connectivity index (χ0n) is 13.7. The molecule has 1 N–H and O–H groups in total. The maximum atomic E-state index is 12.3. The molecular weight excluding hydrogens is 310 g/mol. The predicted octanol–water partition coefficient (Wildman–Crippen LogP) is 1.30. The molecule has 0 aliphatic heterocycles. The Bertz CT molecular complexity index is 804. The number of aryl methyl sites for hydroxylation is 2. The van der Waals surface area contributed by atoms with E-state index in [0.717, 1.165) is 36.5 Å². The molecule has 0 atom stereocenters. The van der Waals surface area contributed by atoms with Gasteiger partial charge in [-0.05, 0) is 37.0 Å². The molecule has 0 spiro atoms. The molecule has 0 aliphatic rings. The van der Waals surface area contributed by atoms with E-state index < -0.39 is 0 Å². The summed E-state index contributed by atoms with van der Waals surface area (Å²) >= 11 is 0. The summed E-state index contributed by atoms with van der Waals surface area (Å²) in [4.78, 5) is 44.9. The highest BCUT2D eigenvalue weighted by atomic mass is 16.2. The monoisotopic (exact) mass is 331 g/mol. The van der Waals surface area contributed by atoms with Crippen LogP contribution in [0.3, 0.4) is 0 Å². The number of unbranched alkanes of at least 4 members (excludes halogenated alkanes) is 2. The molecule has 0 saturated heterocycles. The van der Waals surface area contributed by atoms with Crippen LogP contribution in [0.2, 0.25) is 0 Å². The van der Waals surface area contributed by atoms with Gasteiger partial charge in [-0.1, -0.05) is 6.07 Å². The summed E-state index contributed by atoms with van der Waals surface area (Å²) in [5.74, 6) is -0.304. The number of fused-ring (bicyclic) bond motifs is 1. The second-order valence-corrected chi connectivity index (χ2v) is 5.65. The van der Waals surface area contributed by atoms with Gasteiger partial charge in [-0.2, -0.15) is 0 Å². The maximum absolute atomic E-state index is 12.3. The molecule has 1 aromatic carbocycles. The number of hydrogen-bond acceptors (Lipinski definition) is 4. The lowest BCUT2D eigenvalue weighted by Crippen LogP contribution is -2.33. The van der Waals surface area contributed by atoms with Gasteiger partial charge in [0.25, 0.3) is 0 Å². The molecule has 0 saturated carbocycles. The fourth-order valence-corrected chi connectivity index (χ4v) is 2.56. The molecule has 2 aromatic rings. The summed E-state index contributed by atoms with van der Waals surface area (Å²) in [6.45, 7) is 0. The normalized spacial score (nSPS) is 10.7. The average molecular weight is 331 g/mol. The van der Waals surface area contributed by atoms with Crippen LogP contribution in [0.1, 0.15) is 37.7 Å². The van der Waals surface area contributed by atoms with E-state index in [9.17, 15) is 19.2 Å². The number of amides is 1. The summed E-state index contributed by atoms with van der Waals surface area (Å²) in [5.41, 5.74) is 4.62. The van der Waals surface area contributed by atoms with Crippen LogP contribution < -0.4 is 11.1 Å². The zero-order chi connectivity index (χ0) is 17.5. The highest BCUT2D eigenvalue weighted by molar-refractivity contribution is 5.86. The average Bonchev–Trinajstić information content (AvgIpc) is 2.80. The first-order valence-electron chi connectivity index (χ1n) is 7.96. The van der Waals surface area contributed by atoms with E-state index in [1.807, 2.05) is 12.1 Å². The minimum atomic E-state index is -0.334. The van der Waals surface area contributed by atoms with E-state index >= 15 is 0 Å². The van der Waals surface area contributed by atoms with Crippen LogP contribution in [-0.4, -0.2) is 27.7 Å². The van der Waals surface area contributed by atoms with Crippen molar-refractivity contribution in [1.29, 1.82) is 0 Å². The zero-order valence-corrected chi connectivity index (χ0v) is 13.7. The van der Waals surface area contributed by atoms with E-state index in [4.69, 9.17) is 0 Å². The van der Waals surface area contributed by atoms with E-state index in [-0.39, 0.29) is 18.0 Å². The van der Waals surface area contributed by atoms with Gasteiger partial charge in [-0.25, -0.2) is 9.47 Å². The Morgan fingerprint density at radius 1 is 1.12 bits per heavy atom. The van der Waals surface area contributed by atoms with Crippen molar-refractivity contribution in [2.75, 3.05) is 5.43 Å². The number of carbonyl (C=O) groups is 3. The number of carbonyl (C=O) groups excluding carboxylic acids is 3. The van der Waals surface area contributed by atoms with E-state index in [1.54, 1.807) is 13.1 Å². The SMILES string of the molecule is Cn1c(=O)n(NC(=O)CCCC=O)c2ccc(CCCC=O)cc21. The van der Waals surface area contributed by atoms with Crippen LogP contribution in [0.25, 0.3) is 11.0 Å². The van der Waals surface area contributed by atoms with E-state index in [1.165, 1.54) is 9.24 Å². The molecule has 128 valence electrons. The molecule has 0 unspecified atom stereocenters. The number of imidazole rings is 1. The Kier molecular flexibility index (Phi) is 6.06. The lowest BCUT2D eigenvalue weighted by molar-refractivity contribution is -0.117. The third-order valence-electron chi connectivity index (χ3n) is 3.87. The predicted molar refractivity (Wildman–Crippen MR) is 90.5 cm³/mol. The highest BCUT2D eigenvalue weighted by Gasteiger charge is 2.13. The van der Waals surface area contributed by atoms with E-state index in [2.05, 4.69) is 5.43 Å². The Morgan fingerprint density at radius 2 is 1.83 bits per heavy atom. The van der Waals surface area contributed by atoms with Gasteiger partial charge in [0.05, 0.1) is 11.0 Å². The fraction of sp³-hybridized carbons (Fsp3) is 0.412. The second kappa shape index (κ2) is 8.24.